The molecular weight excluding hydrogens is 392 g/mol. The molecule has 1 atom stereocenters. The van der Waals surface area contributed by atoms with Crippen LogP contribution in [-0.4, -0.2) is 30.8 Å². The molecule has 136 valence electrons. The fourth-order valence-corrected chi connectivity index (χ4v) is 3.15. The highest BCUT2D eigenvalue weighted by atomic mass is 79.9. The van der Waals surface area contributed by atoms with Crippen LogP contribution in [0.5, 0.6) is 11.5 Å². The minimum absolute atomic E-state index is 0.0387. The maximum atomic E-state index is 12.3. The van der Waals surface area contributed by atoms with Crippen molar-refractivity contribution in [1.82, 2.24) is 10.6 Å². The number of allylic oxidation sites excluding steroid dienone is 1. The van der Waals surface area contributed by atoms with Gasteiger partial charge in [-0.25, -0.2) is 9.59 Å². The molecule has 1 heterocycles. The van der Waals surface area contributed by atoms with Crippen molar-refractivity contribution in [3.05, 3.63) is 33.4 Å². The van der Waals surface area contributed by atoms with Crippen LogP contribution in [-0.2, 0) is 9.53 Å². The molecule has 7 nitrogen and oxygen atoms in total. The third-order valence-corrected chi connectivity index (χ3v) is 4.35. The number of halogens is 1. The molecule has 2 amide bonds. The van der Waals surface area contributed by atoms with E-state index in [0.29, 0.717) is 34.3 Å². The Balaban J connectivity index is 2.59. The average molecular weight is 413 g/mol. The zero-order valence-electron chi connectivity index (χ0n) is 14.3. The minimum Gasteiger partial charge on any atom is -0.503 e. The number of phenolic OH excluding ortho intramolecular Hbond substituents is 1. The van der Waals surface area contributed by atoms with Gasteiger partial charge < -0.3 is 25.2 Å². The molecule has 1 unspecified atom stereocenters. The van der Waals surface area contributed by atoms with Crippen LogP contribution in [0.4, 0.5) is 4.79 Å². The monoisotopic (exact) mass is 412 g/mol. The maximum Gasteiger partial charge on any atom is 0.337 e. The smallest absolute Gasteiger partial charge is 0.337 e. The van der Waals surface area contributed by atoms with Crippen LogP contribution in [0.15, 0.2) is 27.9 Å². The lowest BCUT2D eigenvalue weighted by molar-refractivity contribution is -0.136. The van der Waals surface area contributed by atoms with E-state index in [0.717, 1.165) is 6.42 Å². The predicted molar refractivity (Wildman–Crippen MR) is 95.3 cm³/mol. The van der Waals surface area contributed by atoms with Gasteiger partial charge in [0, 0.05) is 5.70 Å². The topological polar surface area (TPSA) is 96.9 Å². The number of nitrogens with one attached hydrogen (secondary N) is 2. The Morgan fingerprint density at radius 1 is 1.36 bits per heavy atom. The second-order valence-electron chi connectivity index (χ2n) is 5.45. The Morgan fingerprint density at radius 2 is 2.08 bits per heavy atom. The summed E-state index contributed by atoms with van der Waals surface area (Å²) in [6.07, 6.45) is 1.29. The molecule has 0 bridgehead atoms. The van der Waals surface area contributed by atoms with Gasteiger partial charge in [-0.3, -0.25) is 0 Å². The van der Waals surface area contributed by atoms with E-state index in [1.165, 1.54) is 7.11 Å². The van der Waals surface area contributed by atoms with Gasteiger partial charge in [0.1, 0.15) is 0 Å². The second-order valence-corrected chi connectivity index (χ2v) is 6.30. The number of rotatable bonds is 6. The van der Waals surface area contributed by atoms with E-state index in [9.17, 15) is 14.7 Å². The molecule has 0 radical (unpaired) electrons. The average Bonchev–Trinajstić information content (AvgIpc) is 2.58. The third-order valence-electron chi connectivity index (χ3n) is 3.74. The number of phenols is 1. The molecule has 3 N–H and O–H groups in total. The molecule has 1 aliphatic rings. The quantitative estimate of drug-likeness (QED) is 0.623. The number of aromatic hydroxyl groups is 1. The van der Waals surface area contributed by atoms with Gasteiger partial charge in [-0.2, -0.15) is 0 Å². The number of carbonyl (C=O) groups excluding carboxylic acids is 2. The molecule has 0 saturated heterocycles. The van der Waals surface area contributed by atoms with Gasteiger partial charge in [0.05, 0.1) is 29.8 Å². The number of amides is 2. The predicted octanol–water partition coefficient (Wildman–Crippen LogP) is 3.13. The third kappa shape index (κ3) is 4.07. The van der Waals surface area contributed by atoms with Crippen LogP contribution in [0.2, 0.25) is 0 Å². The van der Waals surface area contributed by atoms with Crippen LogP contribution < -0.4 is 15.4 Å². The Hall–Kier alpha value is -2.22. The lowest BCUT2D eigenvalue weighted by Crippen LogP contribution is -2.45. The fraction of sp³-hybridized carbons (Fsp3) is 0.412. The Bertz CT molecular complexity index is 717. The number of hydrogen-bond acceptors (Lipinski definition) is 5. The molecule has 1 aromatic rings. The number of urea groups is 1. The van der Waals surface area contributed by atoms with Gasteiger partial charge in [-0.1, -0.05) is 13.3 Å². The van der Waals surface area contributed by atoms with Crippen LogP contribution in [0.3, 0.4) is 0 Å². The summed E-state index contributed by atoms with van der Waals surface area (Å²) in [6, 6.07) is 2.13. The van der Waals surface area contributed by atoms with E-state index in [-0.39, 0.29) is 11.5 Å². The van der Waals surface area contributed by atoms with Gasteiger partial charge in [0.25, 0.3) is 0 Å². The fourth-order valence-electron chi connectivity index (χ4n) is 2.69. The first-order chi connectivity index (χ1) is 11.9. The van der Waals surface area contributed by atoms with Gasteiger partial charge in [-0.05, 0) is 47.0 Å². The van der Waals surface area contributed by atoms with E-state index in [1.54, 1.807) is 19.1 Å². The number of esters is 1. The van der Waals surface area contributed by atoms with Crippen molar-refractivity contribution in [2.45, 2.75) is 32.7 Å². The largest absolute Gasteiger partial charge is 0.503 e. The zero-order chi connectivity index (χ0) is 18.6. The first-order valence-electron chi connectivity index (χ1n) is 7.96. The molecule has 25 heavy (non-hydrogen) atoms. The number of carbonyl (C=O) groups is 2. The van der Waals surface area contributed by atoms with Gasteiger partial charge in [0.15, 0.2) is 11.5 Å². The maximum absolute atomic E-state index is 12.3. The van der Waals surface area contributed by atoms with Gasteiger partial charge >= 0.3 is 12.0 Å². The number of benzene rings is 1. The van der Waals surface area contributed by atoms with Gasteiger partial charge in [-0.15, -0.1) is 0 Å². The van der Waals surface area contributed by atoms with Gasteiger partial charge in [0.2, 0.25) is 0 Å². The molecule has 1 aromatic carbocycles. The molecule has 2 rings (SSSR count). The van der Waals surface area contributed by atoms with Crippen molar-refractivity contribution in [3.63, 3.8) is 0 Å². The lowest BCUT2D eigenvalue weighted by Gasteiger charge is -2.29. The van der Waals surface area contributed by atoms with E-state index in [4.69, 9.17) is 9.47 Å². The van der Waals surface area contributed by atoms with Crippen LogP contribution in [0.1, 0.15) is 38.3 Å². The van der Waals surface area contributed by atoms with Crippen LogP contribution >= 0.6 is 15.9 Å². The Morgan fingerprint density at radius 3 is 2.68 bits per heavy atom. The summed E-state index contributed by atoms with van der Waals surface area (Å²) < 4.78 is 10.7. The molecule has 0 saturated carbocycles. The first-order valence-corrected chi connectivity index (χ1v) is 8.76. The summed E-state index contributed by atoms with van der Waals surface area (Å²) in [6.45, 7) is 4.11. The standard InChI is InChI=1S/C17H21BrN2O5/c1-4-6-11-13(16(22)24-3)14(20-17(23)19-11)9-7-10(18)15(21)12(8-9)25-5-2/h7-8,14,21H,4-6H2,1-3H3,(H2,19,20,23). The van der Waals surface area contributed by atoms with Crippen molar-refractivity contribution in [3.8, 4) is 11.5 Å². The molecular formula is C17H21BrN2O5. The lowest BCUT2D eigenvalue weighted by atomic mass is 9.93. The van der Waals surface area contributed by atoms with E-state index in [2.05, 4.69) is 26.6 Å². The SMILES string of the molecule is CCCC1=C(C(=O)OC)C(c2cc(Br)c(O)c(OCC)c2)NC(=O)N1. The molecule has 0 aliphatic carbocycles. The number of ether oxygens (including phenoxy) is 2. The summed E-state index contributed by atoms with van der Waals surface area (Å²) in [5.41, 5.74) is 1.46. The van der Waals surface area contributed by atoms with E-state index >= 15 is 0 Å². The van der Waals surface area contributed by atoms with Crippen molar-refractivity contribution < 1.29 is 24.2 Å². The molecule has 0 aromatic heterocycles. The highest BCUT2D eigenvalue weighted by Gasteiger charge is 2.33. The zero-order valence-corrected chi connectivity index (χ0v) is 15.9. The molecule has 1 aliphatic heterocycles. The summed E-state index contributed by atoms with van der Waals surface area (Å²) in [7, 11) is 1.30. The van der Waals surface area contributed by atoms with Crippen molar-refractivity contribution >= 4 is 27.9 Å². The summed E-state index contributed by atoms with van der Waals surface area (Å²) >= 11 is 3.28. The highest BCUT2D eigenvalue weighted by Crippen LogP contribution is 2.39. The number of hydrogen-bond donors (Lipinski definition) is 3. The number of methoxy groups -OCH3 is 1. The molecule has 8 heteroatoms. The van der Waals surface area contributed by atoms with E-state index < -0.39 is 18.0 Å². The first kappa shape index (κ1) is 19.1. The van der Waals surface area contributed by atoms with Crippen LogP contribution in [0, 0.1) is 0 Å². The summed E-state index contributed by atoms with van der Waals surface area (Å²) in [4.78, 5) is 24.4. The van der Waals surface area contributed by atoms with Crippen molar-refractivity contribution in [1.29, 1.82) is 0 Å². The van der Waals surface area contributed by atoms with Crippen LogP contribution in [0.25, 0.3) is 0 Å². The van der Waals surface area contributed by atoms with E-state index in [1.807, 2.05) is 6.92 Å². The normalized spacial score (nSPS) is 17.0. The summed E-state index contributed by atoms with van der Waals surface area (Å²) in [5, 5.41) is 15.5. The molecule has 0 spiro atoms. The van der Waals surface area contributed by atoms with Crippen molar-refractivity contribution in [2.75, 3.05) is 13.7 Å². The Kier molecular flexibility index (Phi) is 6.30. The highest BCUT2D eigenvalue weighted by molar-refractivity contribution is 9.10. The van der Waals surface area contributed by atoms with Crippen molar-refractivity contribution in [2.24, 2.45) is 0 Å². The Labute approximate surface area is 154 Å². The summed E-state index contributed by atoms with van der Waals surface area (Å²) in [5.74, 6) is -0.299. The molecule has 0 fully saturated rings. The second kappa shape index (κ2) is 8.24. The minimum atomic E-state index is -0.709.